The van der Waals surface area contributed by atoms with Crippen LogP contribution in [0.25, 0.3) is 0 Å². The summed E-state index contributed by atoms with van der Waals surface area (Å²) in [4.78, 5) is 4.17. The Hall–Kier alpha value is -0.380. The van der Waals surface area contributed by atoms with Gasteiger partial charge in [0.2, 0.25) is 0 Å². The zero-order chi connectivity index (χ0) is 11.9. The first kappa shape index (κ1) is 13.1. The highest BCUT2D eigenvalue weighted by atomic mass is 32.1. The van der Waals surface area contributed by atoms with E-state index in [9.17, 15) is 0 Å². The van der Waals surface area contributed by atoms with E-state index in [-0.39, 0.29) is 0 Å². The normalized spacial score (nSPS) is 21.8. The summed E-state index contributed by atoms with van der Waals surface area (Å²) in [6, 6.07) is 5.17. The molecule has 0 amide bonds. The third-order valence-corrected chi connectivity index (χ3v) is 4.36. The topological polar surface area (TPSA) is 15.3 Å². The van der Waals surface area contributed by atoms with Crippen LogP contribution in [0.1, 0.15) is 37.5 Å². The molecular weight excluding hydrogens is 228 g/mol. The van der Waals surface area contributed by atoms with Gasteiger partial charge in [-0.05, 0) is 43.8 Å². The molecule has 3 heteroatoms. The smallest absolute Gasteiger partial charge is 0.0331 e. The van der Waals surface area contributed by atoms with Crippen molar-refractivity contribution in [3.63, 3.8) is 0 Å². The number of thiophene rings is 1. The van der Waals surface area contributed by atoms with Crippen molar-refractivity contribution in [2.75, 3.05) is 19.6 Å². The number of nitrogens with one attached hydrogen (secondary N) is 1. The lowest BCUT2D eigenvalue weighted by atomic mass is 10.0. The van der Waals surface area contributed by atoms with Crippen LogP contribution in [0.5, 0.6) is 0 Å². The van der Waals surface area contributed by atoms with Gasteiger partial charge >= 0.3 is 0 Å². The standard InChI is InChI=1S/C14H24N2S/c1-2-8-15-11-13-6-3-4-9-16(13)12-14-7-5-10-17-14/h5,7,10,13,15H,2-4,6,8-9,11-12H2,1H3. The Labute approximate surface area is 109 Å². The van der Waals surface area contributed by atoms with Crippen molar-refractivity contribution in [3.05, 3.63) is 22.4 Å². The molecule has 2 nitrogen and oxygen atoms in total. The molecule has 0 saturated carbocycles. The highest BCUT2D eigenvalue weighted by Crippen LogP contribution is 2.21. The van der Waals surface area contributed by atoms with Crippen molar-refractivity contribution in [2.45, 2.75) is 45.2 Å². The van der Waals surface area contributed by atoms with Crippen LogP contribution in [0, 0.1) is 0 Å². The number of likely N-dealkylation sites (tertiary alicyclic amines) is 1. The maximum absolute atomic E-state index is 3.58. The Balaban J connectivity index is 1.83. The Morgan fingerprint density at radius 3 is 3.18 bits per heavy atom. The van der Waals surface area contributed by atoms with Crippen molar-refractivity contribution < 1.29 is 0 Å². The predicted octanol–water partition coefficient (Wildman–Crippen LogP) is 3.10. The summed E-state index contributed by atoms with van der Waals surface area (Å²) in [5.74, 6) is 0. The Morgan fingerprint density at radius 1 is 1.47 bits per heavy atom. The predicted molar refractivity (Wildman–Crippen MR) is 75.5 cm³/mol. The zero-order valence-corrected chi connectivity index (χ0v) is 11.6. The minimum absolute atomic E-state index is 0.748. The lowest BCUT2D eigenvalue weighted by Gasteiger charge is -2.35. The van der Waals surface area contributed by atoms with Crippen LogP contribution in [0.15, 0.2) is 17.5 Å². The van der Waals surface area contributed by atoms with Gasteiger partial charge in [-0.25, -0.2) is 0 Å². The van der Waals surface area contributed by atoms with E-state index in [1.165, 1.54) is 43.6 Å². The fourth-order valence-electron chi connectivity index (χ4n) is 2.55. The molecule has 0 aromatic carbocycles. The molecule has 2 heterocycles. The van der Waals surface area contributed by atoms with Gasteiger partial charge in [-0.1, -0.05) is 19.4 Å². The van der Waals surface area contributed by atoms with Crippen LogP contribution in [0.4, 0.5) is 0 Å². The maximum Gasteiger partial charge on any atom is 0.0331 e. The van der Waals surface area contributed by atoms with E-state index in [1.807, 2.05) is 11.3 Å². The fraction of sp³-hybridized carbons (Fsp3) is 0.714. The second-order valence-corrected chi connectivity index (χ2v) is 5.94. The highest BCUT2D eigenvalue weighted by molar-refractivity contribution is 7.09. The van der Waals surface area contributed by atoms with Gasteiger partial charge in [-0.3, -0.25) is 4.90 Å². The van der Waals surface area contributed by atoms with Crippen molar-refractivity contribution in [2.24, 2.45) is 0 Å². The number of hydrogen-bond acceptors (Lipinski definition) is 3. The quantitative estimate of drug-likeness (QED) is 0.783. The number of rotatable bonds is 6. The van der Waals surface area contributed by atoms with Crippen molar-refractivity contribution in [3.8, 4) is 0 Å². The number of piperidine rings is 1. The summed E-state index contributed by atoms with van der Waals surface area (Å²) in [6.45, 7) is 6.98. The number of hydrogen-bond donors (Lipinski definition) is 1. The minimum Gasteiger partial charge on any atom is -0.315 e. The second-order valence-electron chi connectivity index (χ2n) is 4.90. The van der Waals surface area contributed by atoms with Crippen molar-refractivity contribution >= 4 is 11.3 Å². The van der Waals surface area contributed by atoms with Crippen LogP contribution in [0.3, 0.4) is 0 Å². The molecule has 1 atom stereocenters. The van der Waals surface area contributed by atoms with Crippen LogP contribution >= 0.6 is 11.3 Å². The molecule has 1 aromatic heterocycles. The van der Waals surface area contributed by atoms with Crippen LogP contribution < -0.4 is 5.32 Å². The summed E-state index contributed by atoms with van der Waals surface area (Å²) in [5, 5.41) is 5.76. The zero-order valence-electron chi connectivity index (χ0n) is 10.8. The monoisotopic (exact) mass is 252 g/mol. The van der Waals surface area contributed by atoms with E-state index in [1.54, 1.807) is 0 Å². The molecule has 0 bridgehead atoms. The van der Waals surface area contributed by atoms with E-state index < -0.39 is 0 Å². The van der Waals surface area contributed by atoms with Crippen molar-refractivity contribution in [1.29, 1.82) is 0 Å². The first-order valence-corrected chi connectivity index (χ1v) is 7.75. The molecule has 0 spiro atoms. The molecule has 96 valence electrons. The fourth-order valence-corrected chi connectivity index (χ4v) is 3.28. The van der Waals surface area contributed by atoms with Crippen LogP contribution in [-0.2, 0) is 6.54 Å². The number of nitrogens with zero attached hydrogens (tertiary/aromatic N) is 1. The molecule has 2 rings (SSSR count). The van der Waals surface area contributed by atoms with E-state index >= 15 is 0 Å². The largest absolute Gasteiger partial charge is 0.315 e. The van der Waals surface area contributed by atoms with Crippen LogP contribution in [-0.4, -0.2) is 30.6 Å². The third-order valence-electron chi connectivity index (χ3n) is 3.49. The Morgan fingerprint density at radius 2 is 2.41 bits per heavy atom. The summed E-state index contributed by atoms with van der Waals surface area (Å²) >= 11 is 1.88. The highest BCUT2D eigenvalue weighted by Gasteiger charge is 2.21. The maximum atomic E-state index is 3.58. The summed E-state index contributed by atoms with van der Waals surface area (Å²) in [6.07, 6.45) is 5.37. The second kappa shape index (κ2) is 7.14. The van der Waals surface area contributed by atoms with Crippen molar-refractivity contribution in [1.82, 2.24) is 10.2 Å². The van der Waals surface area contributed by atoms with E-state index in [4.69, 9.17) is 0 Å². The Bertz CT molecular complexity index is 297. The first-order valence-electron chi connectivity index (χ1n) is 6.87. The third kappa shape index (κ3) is 4.09. The lowest BCUT2D eigenvalue weighted by molar-refractivity contribution is 0.139. The lowest BCUT2D eigenvalue weighted by Crippen LogP contribution is -2.44. The van der Waals surface area contributed by atoms with Gasteiger partial charge in [0, 0.05) is 24.0 Å². The molecule has 1 fully saturated rings. The minimum atomic E-state index is 0.748. The molecule has 0 aliphatic carbocycles. The van der Waals surface area contributed by atoms with Gasteiger partial charge in [-0.2, -0.15) is 0 Å². The summed E-state index contributed by atoms with van der Waals surface area (Å²) < 4.78 is 0. The van der Waals surface area contributed by atoms with Gasteiger partial charge < -0.3 is 5.32 Å². The molecule has 1 saturated heterocycles. The molecule has 17 heavy (non-hydrogen) atoms. The molecule has 0 radical (unpaired) electrons. The molecule has 1 aromatic rings. The van der Waals surface area contributed by atoms with E-state index in [0.717, 1.165) is 19.1 Å². The SMILES string of the molecule is CCCNCC1CCCCN1Cc1cccs1. The first-order chi connectivity index (χ1) is 8.40. The molecule has 1 aliphatic rings. The van der Waals surface area contributed by atoms with E-state index in [2.05, 4.69) is 34.7 Å². The van der Waals surface area contributed by atoms with Gasteiger partial charge in [0.05, 0.1) is 0 Å². The molecule has 1 unspecified atom stereocenters. The van der Waals surface area contributed by atoms with Gasteiger partial charge in [-0.15, -0.1) is 11.3 Å². The van der Waals surface area contributed by atoms with Gasteiger partial charge in [0.25, 0.3) is 0 Å². The molecule has 1 aliphatic heterocycles. The summed E-state index contributed by atoms with van der Waals surface area (Å²) in [5.41, 5.74) is 0. The summed E-state index contributed by atoms with van der Waals surface area (Å²) in [7, 11) is 0. The Kier molecular flexibility index (Phi) is 5.49. The average molecular weight is 252 g/mol. The molecule has 1 N–H and O–H groups in total. The van der Waals surface area contributed by atoms with Crippen LogP contribution in [0.2, 0.25) is 0 Å². The molecular formula is C14H24N2S. The van der Waals surface area contributed by atoms with Gasteiger partial charge in [0.15, 0.2) is 0 Å². The average Bonchev–Trinajstić information content (AvgIpc) is 2.84. The van der Waals surface area contributed by atoms with E-state index in [0.29, 0.717) is 0 Å². The van der Waals surface area contributed by atoms with Gasteiger partial charge in [0.1, 0.15) is 0 Å².